The Balaban J connectivity index is 1.35. The molecule has 6 heteroatoms. The van der Waals surface area contributed by atoms with Crippen molar-refractivity contribution < 1.29 is 9.21 Å². The Labute approximate surface area is 175 Å². The van der Waals surface area contributed by atoms with Crippen molar-refractivity contribution in [3.63, 3.8) is 0 Å². The molecule has 0 unspecified atom stereocenters. The average molecular weight is 410 g/mol. The third-order valence-corrected chi connectivity index (χ3v) is 6.02. The highest BCUT2D eigenvalue weighted by atomic mass is 32.1. The number of furan rings is 1. The fraction of sp³-hybridized carbons (Fsp3) is 0.348. The van der Waals surface area contributed by atoms with Gasteiger partial charge in [-0.1, -0.05) is 6.07 Å². The zero-order valence-corrected chi connectivity index (χ0v) is 17.4. The zero-order valence-electron chi connectivity index (χ0n) is 16.5. The van der Waals surface area contributed by atoms with Gasteiger partial charge in [0, 0.05) is 35.9 Å². The lowest BCUT2D eigenvalue weighted by Gasteiger charge is -2.28. The fourth-order valence-electron chi connectivity index (χ4n) is 3.72. The molecule has 1 aliphatic heterocycles. The average Bonchev–Trinajstić information content (AvgIpc) is 3.43. The number of hydrogen-bond donors (Lipinski definition) is 1. The van der Waals surface area contributed by atoms with Gasteiger partial charge in [-0.05, 0) is 67.1 Å². The number of nitrogens with one attached hydrogen (secondary N) is 1. The van der Waals surface area contributed by atoms with E-state index in [1.807, 2.05) is 30.3 Å². The van der Waals surface area contributed by atoms with Gasteiger partial charge >= 0.3 is 0 Å². The van der Waals surface area contributed by atoms with Crippen molar-refractivity contribution in [2.45, 2.75) is 32.4 Å². The molecule has 1 saturated heterocycles. The topological polar surface area (TPSA) is 48.7 Å². The van der Waals surface area contributed by atoms with Crippen LogP contribution < -0.4 is 10.2 Å². The quantitative estimate of drug-likeness (QED) is 0.570. The van der Waals surface area contributed by atoms with Crippen LogP contribution in [-0.2, 0) is 17.9 Å². The van der Waals surface area contributed by atoms with Gasteiger partial charge in [0.25, 0.3) is 0 Å². The molecule has 3 heterocycles. The van der Waals surface area contributed by atoms with Gasteiger partial charge in [0.1, 0.15) is 5.76 Å². The molecule has 0 bridgehead atoms. The molecule has 0 atom stereocenters. The maximum atomic E-state index is 12.7. The van der Waals surface area contributed by atoms with E-state index in [0.717, 1.165) is 31.1 Å². The number of amides is 1. The van der Waals surface area contributed by atoms with E-state index in [1.165, 1.54) is 29.8 Å². The number of carbonyl (C=O) groups excluding carboxylic acids is 1. The first kappa shape index (κ1) is 19.7. The van der Waals surface area contributed by atoms with Crippen molar-refractivity contribution in [2.24, 2.45) is 0 Å². The SMILES string of the molecule is O=C(CN(Cc1ccco1)Cc1cccs1)Nc1ccc(N2CCCCC2)cc1. The number of nitrogens with zero attached hydrogens (tertiary/aromatic N) is 2. The van der Waals surface area contributed by atoms with Crippen LogP contribution in [0, 0.1) is 0 Å². The van der Waals surface area contributed by atoms with Crippen LogP contribution in [0.1, 0.15) is 29.9 Å². The van der Waals surface area contributed by atoms with Crippen LogP contribution >= 0.6 is 11.3 Å². The maximum Gasteiger partial charge on any atom is 0.238 e. The summed E-state index contributed by atoms with van der Waals surface area (Å²) in [6.07, 6.45) is 5.51. The van der Waals surface area contributed by atoms with E-state index in [2.05, 4.69) is 38.7 Å². The normalized spacial score (nSPS) is 14.3. The van der Waals surface area contributed by atoms with Gasteiger partial charge in [-0.2, -0.15) is 0 Å². The van der Waals surface area contributed by atoms with E-state index >= 15 is 0 Å². The highest BCUT2D eigenvalue weighted by Crippen LogP contribution is 2.22. The lowest BCUT2D eigenvalue weighted by molar-refractivity contribution is -0.117. The molecule has 1 N–H and O–H groups in total. The summed E-state index contributed by atoms with van der Waals surface area (Å²) < 4.78 is 5.48. The predicted octanol–water partition coefficient (Wildman–Crippen LogP) is 4.97. The second-order valence-electron chi connectivity index (χ2n) is 7.45. The van der Waals surface area contributed by atoms with E-state index in [9.17, 15) is 4.79 Å². The molecule has 152 valence electrons. The lowest BCUT2D eigenvalue weighted by atomic mass is 10.1. The molecule has 1 fully saturated rings. The standard InChI is InChI=1S/C23H27N3O2S/c27-23(24-19-8-10-20(11-9-19)26-12-2-1-3-13-26)18-25(16-21-6-4-14-28-21)17-22-7-5-15-29-22/h4-11,14-15H,1-3,12-13,16-18H2,(H,24,27). The highest BCUT2D eigenvalue weighted by Gasteiger charge is 2.15. The molecule has 1 aliphatic rings. The molecule has 2 aromatic heterocycles. The van der Waals surface area contributed by atoms with Crippen LogP contribution in [0.5, 0.6) is 0 Å². The Kier molecular flexibility index (Phi) is 6.64. The van der Waals surface area contributed by atoms with Crippen molar-refractivity contribution in [3.05, 3.63) is 70.8 Å². The second-order valence-corrected chi connectivity index (χ2v) is 8.48. The Morgan fingerprint density at radius 2 is 1.86 bits per heavy atom. The van der Waals surface area contributed by atoms with Crippen molar-refractivity contribution in [1.29, 1.82) is 0 Å². The number of rotatable bonds is 8. The predicted molar refractivity (Wildman–Crippen MR) is 118 cm³/mol. The van der Waals surface area contributed by atoms with Crippen molar-refractivity contribution in [3.8, 4) is 0 Å². The lowest BCUT2D eigenvalue weighted by Crippen LogP contribution is -2.32. The number of carbonyl (C=O) groups is 1. The summed E-state index contributed by atoms with van der Waals surface area (Å²) in [5.74, 6) is 0.846. The third-order valence-electron chi connectivity index (χ3n) is 5.16. The van der Waals surface area contributed by atoms with E-state index < -0.39 is 0 Å². The van der Waals surface area contributed by atoms with Crippen LogP contribution in [-0.4, -0.2) is 30.4 Å². The van der Waals surface area contributed by atoms with E-state index in [0.29, 0.717) is 13.1 Å². The highest BCUT2D eigenvalue weighted by molar-refractivity contribution is 7.09. The molecule has 5 nitrogen and oxygen atoms in total. The van der Waals surface area contributed by atoms with Gasteiger partial charge < -0.3 is 14.6 Å². The molecule has 29 heavy (non-hydrogen) atoms. The van der Waals surface area contributed by atoms with Crippen LogP contribution in [0.2, 0.25) is 0 Å². The molecular weight excluding hydrogens is 382 g/mol. The first-order valence-corrected chi connectivity index (χ1v) is 11.1. The summed E-state index contributed by atoms with van der Waals surface area (Å²) in [4.78, 5) is 18.4. The van der Waals surface area contributed by atoms with E-state index in [4.69, 9.17) is 4.42 Å². The minimum absolute atomic E-state index is 0.0150. The second kappa shape index (κ2) is 9.76. The first-order chi connectivity index (χ1) is 14.3. The summed E-state index contributed by atoms with van der Waals surface area (Å²) in [5.41, 5.74) is 2.07. The largest absolute Gasteiger partial charge is 0.468 e. The number of anilines is 2. The zero-order chi connectivity index (χ0) is 19.9. The van der Waals surface area contributed by atoms with Crippen molar-refractivity contribution in [2.75, 3.05) is 29.9 Å². The Morgan fingerprint density at radius 1 is 1.03 bits per heavy atom. The van der Waals surface area contributed by atoms with Crippen LogP contribution in [0.3, 0.4) is 0 Å². The van der Waals surface area contributed by atoms with Crippen LogP contribution in [0.4, 0.5) is 11.4 Å². The molecule has 0 radical (unpaired) electrons. The van der Waals surface area contributed by atoms with Gasteiger partial charge in [0.15, 0.2) is 0 Å². The fourth-order valence-corrected chi connectivity index (χ4v) is 4.47. The molecule has 3 aromatic rings. The van der Waals surface area contributed by atoms with E-state index in [-0.39, 0.29) is 5.91 Å². The van der Waals surface area contributed by atoms with Gasteiger partial charge in [-0.15, -0.1) is 11.3 Å². The molecular formula is C23H27N3O2S. The first-order valence-electron chi connectivity index (χ1n) is 10.2. The Bertz CT molecular complexity index is 833. The third kappa shape index (κ3) is 5.71. The minimum atomic E-state index is -0.0150. The van der Waals surface area contributed by atoms with Crippen LogP contribution in [0.15, 0.2) is 64.6 Å². The van der Waals surface area contributed by atoms with E-state index in [1.54, 1.807) is 17.6 Å². The molecule has 1 amide bonds. The van der Waals surface area contributed by atoms with Gasteiger partial charge in [0.2, 0.25) is 5.91 Å². The molecule has 0 spiro atoms. The Hall–Kier alpha value is -2.57. The van der Waals surface area contributed by atoms with Crippen molar-refractivity contribution >= 4 is 28.6 Å². The summed E-state index contributed by atoms with van der Waals surface area (Å²) in [6.45, 7) is 3.88. The number of hydrogen-bond acceptors (Lipinski definition) is 5. The molecule has 0 aliphatic carbocycles. The van der Waals surface area contributed by atoms with Gasteiger partial charge in [-0.25, -0.2) is 0 Å². The Morgan fingerprint density at radius 3 is 2.55 bits per heavy atom. The summed E-state index contributed by atoms with van der Waals surface area (Å²) >= 11 is 1.70. The number of benzene rings is 1. The van der Waals surface area contributed by atoms with Crippen molar-refractivity contribution in [1.82, 2.24) is 4.90 Å². The summed E-state index contributed by atoms with van der Waals surface area (Å²) in [5, 5.41) is 5.10. The smallest absolute Gasteiger partial charge is 0.238 e. The monoisotopic (exact) mass is 409 g/mol. The van der Waals surface area contributed by atoms with Crippen LogP contribution in [0.25, 0.3) is 0 Å². The number of thiophene rings is 1. The number of piperidine rings is 1. The summed E-state index contributed by atoms with van der Waals surface area (Å²) in [6, 6.07) is 16.2. The summed E-state index contributed by atoms with van der Waals surface area (Å²) in [7, 11) is 0. The molecule has 1 aromatic carbocycles. The maximum absolute atomic E-state index is 12.7. The minimum Gasteiger partial charge on any atom is -0.468 e. The molecule has 4 rings (SSSR count). The van der Waals surface area contributed by atoms with Gasteiger partial charge in [-0.3, -0.25) is 9.69 Å². The molecule has 0 saturated carbocycles. The van der Waals surface area contributed by atoms with Gasteiger partial charge in [0.05, 0.1) is 19.4 Å².